The first-order valence-electron chi connectivity index (χ1n) is 10.8. The quantitative estimate of drug-likeness (QED) is 0.182. The summed E-state index contributed by atoms with van der Waals surface area (Å²) in [5.74, 6) is 1.27. The molecule has 178 valence electrons. The maximum Gasteiger partial charge on any atom is 0.412 e. The van der Waals surface area contributed by atoms with E-state index in [0.29, 0.717) is 11.5 Å². The van der Waals surface area contributed by atoms with Gasteiger partial charge in [0.1, 0.15) is 23.9 Å². The van der Waals surface area contributed by atoms with Crippen molar-refractivity contribution in [3.05, 3.63) is 79.4 Å². The molecule has 1 amide bonds. The fourth-order valence-electron chi connectivity index (χ4n) is 3.02. The number of hydrogen-bond donors (Lipinski definition) is 1. The minimum atomic E-state index is -0.599. The second-order valence-corrected chi connectivity index (χ2v) is 7.06. The van der Waals surface area contributed by atoms with Crippen LogP contribution in [0.3, 0.4) is 0 Å². The monoisotopic (exact) mass is 465 g/mol. The lowest BCUT2D eigenvalue weighted by molar-refractivity contribution is -0.139. The van der Waals surface area contributed by atoms with Gasteiger partial charge in [-0.1, -0.05) is 36.9 Å². The molecule has 3 aromatic rings. The van der Waals surface area contributed by atoms with Crippen LogP contribution in [0.25, 0.3) is 10.8 Å². The van der Waals surface area contributed by atoms with E-state index in [9.17, 15) is 9.59 Å². The number of esters is 1. The zero-order valence-corrected chi connectivity index (χ0v) is 18.9. The summed E-state index contributed by atoms with van der Waals surface area (Å²) in [6.45, 7) is 5.97. The Labute approximate surface area is 198 Å². The fourth-order valence-corrected chi connectivity index (χ4v) is 3.02. The molecule has 1 unspecified atom stereocenters. The van der Waals surface area contributed by atoms with Crippen molar-refractivity contribution >= 4 is 22.8 Å². The average Bonchev–Trinajstić information content (AvgIpc) is 2.84. The molecule has 3 rings (SSSR count). The third kappa shape index (κ3) is 7.83. The molecule has 0 aliphatic rings. The third-order valence-electron chi connectivity index (χ3n) is 4.52. The Morgan fingerprint density at radius 3 is 2.56 bits per heavy atom. The molecule has 34 heavy (non-hydrogen) atoms. The Balaban J connectivity index is 1.47. The van der Waals surface area contributed by atoms with E-state index in [1.54, 1.807) is 12.1 Å². The molecule has 0 radical (unpaired) electrons. The average molecular weight is 466 g/mol. The van der Waals surface area contributed by atoms with Gasteiger partial charge in [-0.3, -0.25) is 0 Å². The van der Waals surface area contributed by atoms with Crippen molar-refractivity contribution in [1.82, 2.24) is 5.32 Å². The van der Waals surface area contributed by atoms with Crippen molar-refractivity contribution in [3.63, 3.8) is 0 Å². The molecule has 3 aromatic carbocycles. The number of carbonyl (C=O) groups is 2. The van der Waals surface area contributed by atoms with Gasteiger partial charge < -0.3 is 29.0 Å². The molecule has 0 saturated heterocycles. The maximum atomic E-state index is 12.0. The van der Waals surface area contributed by atoms with Crippen LogP contribution in [0.15, 0.2) is 79.4 Å². The molecule has 0 aromatic heterocycles. The number of benzene rings is 3. The second-order valence-electron chi connectivity index (χ2n) is 7.06. The lowest BCUT2D eigenvalue weighted by Crippen LogP contribution is -2.30. The van der Waals surface area contributed by atoms with Gasteiger partial charge in [-0.25, -0.2) is 9.59 Å². The topological polar surface area (TPSA) is 92.3 Å². The van der Waals surface area contributed by atoms with Gasteiger partial charge in [0.15, 0.2) is 0 Å². The Morgan fingerprint density at radius 2 is 1.76 bits per heavy atom. The molecule has 8 nitrogen and oxygen atoms in total. The molecule has 0 fully saturated rings. The summed E-state index contributed by atoms with van der Waals surface area (Å²) in [4.78, 5) is 22.9. The molecule has 0 aliphatic heterocycles. The minimum Gasteiger partial charge on any atom is -0.460 e. The van der Waals surface area contributed by atoms with Gasteiger partial charge in [-0.2, -0.15) is 0 Å². The Bertz CT molecular complexity index is 1100. The fraction of sp³-hybridized carbons (Fsp3) is 0.231. The smallest absolute Gasteiger partial charge is 0.412 e. The normalized spacial score (nSPS) is 11.3. The summed E-state index contributed by atoms with van der Waals surface area (Å²) in [5.41, 5.74) is 0. The lowest BCUT2D eigenvalue weighted by Gasteiger charge is -2.18. The number of amides is 1. The summed E-state index contributed by atoms with van der Waals surface area (Å²) in [6, 6.07) is 20.4. The molecular weight excluding hydrogens is 438 g/mol. The molecular formula is C26H27NO7. The first-order chi connectivity index (χ1) is 16.5. The first kappa shape index (κ1) is 24.6. The van der Waals surface area contributed by atoms with E-state index in [-0.39, 0.29) is 26.4 Å². The molecule has 0 heterocycles. The SMILES string of the molecule is C=CC(=O)OCCOCCNC(=O)Oc1ccc2c(OC(C)Oc3ccccc3)cccc2c1. The van der Waals surface area contributed by atoms with Crippen molar-refractivity contribution in [2.24, 2.45) is 0 Å². The highest BCUT2D eigenvalue weighted by molar-refractivity contribution is 5.90. The van der Waals surface area contributed by atoms with Crippen molar-refractivity contribution < 1.29 is 33.3 Å². The molecule has 0 saturated carbocycles. The predicted octanol–water partition coefficient (Wildman–Crippen LogP) is 4.48. The lowest BCUT2D eigenvalue weighted by atomic mass is 10.1. The number of carbonyl (C=O) groups excluding carboxylic acids is 2. The number of rotatable bonds is 12. The number of nitrogens with one attached hydrogen (secondary N) is 1. The van der Waals surface area contributed by atoms with Crippen molar-refractivity contribution in [1.29, 1.82) is 0 Å². The number of fused-ring (bicyclic) bond motifs is 1. The van der Waals surface area contributed by atoms with Gasteiger partial charge >= 0.3 is 12.1 Å². The molecule has 0 spiro atoms. The van der Waals surface area contributed by atoms with E-state index in [2.05, 4.69) is 11.9 Å². The van der Waals surface area contributed by atoms with Crippen molar-refractivity contribution in [2.45, 2.75) is 13.2 Å². The third-order valence-corrected chi connectivity index (χ3v) is 4.52. The van der Waals surface area contributed by atoms with Crippen LogP contribution in [0.1, 0.15) is 6.92 Å². The standard InChI is InChI=1S/C26H27NO7/c1-3-25(28)31-17-16-30-15-14-27-26(29)34-22-12-13-23-20(18-22)8-7-11-24(23)33-19(2)32-21-9-5-4-6-10-21/h3-13,18-19H,1,14-17H2,2H3,(H,27,29). The highest BCUT2D eigenvalue weighted by Crippen LogP contribution is 2.30. The van der Waals surface area contributed by atoms with Crippen LogP contribution in [-0.4, -0.2) is 44.7 Å². The number of ether oxygens (including phenoxy) is 5. The maximum absolute atomic E-state index is 12.0. The Morgan fingerprint density at radius 1 is 0.941 bits per heavy atom. The molecule has 8 heteroatoms. The van der Waals surface area contributed by atoms with E-state index < -0.39 is 18.4 Å². The van der Waals surface area contributed by atoms with Crippen molar-refractivity contribution in [3.8, 4) is 17.2 Å². The summed E-state index contributed by atoms with van der Waals surface area (Å²) < 4.78 is 27.2. The van der Waals surface area contributed by atoms with E-state index in [0.717, 1.165) is 22.6 Å². The van der Waals surface area contributed by atoms with E-state index in [4.69, 9.17) is 23.7 Å². The highest BCUT2D eigenvalue weighted by atomic mass is 16.7. The zero-order valence-electron chi connectivity index (χ0n) is 18.9. The van der Waals surface area contributed by atoms with Crippen LogP contribution < -0.4 is 19.5 Å². The van der Waals surface area contributed by atoms with Gasteiger partial charge in [0.05, 0.1) is 13.2 Å². The largest absolute Gasteiger partial charge is 0.460 e. The van der Waals surface area contributed by atoms with Gasteiger partial charge in [0.2, 0.25) is 6.29 Å². The Hall–Kier alpha value is -4.04. The van der Waals surface area contributed by atoms with Crippen LogP contribution >= 0.6 is 0 Å². The van der Waals surface area contributed by atoms with Gasteiger partial charge in [0, 0.05) is 24.9 Å². The van der Waals surface area contributed by atoms with Crippen LogP contribution in [0.4, 0.5) is 4.79 Å². The minimum absolute atomic E-state index is 0.120. The van der Waals surface area contributed by atoms with Crippen molar-refractivity contribution in [2.75, 3.05) is 26.4 Å². The summed E-state index contributed by atoms with van der Waals surface area (Å²) in [5, 5.41) is 4.32. The zero-order chi connectivity index (χ0) is 24.2. The van der Waals surface area contributed by atoms with Gasteiger partial charge in [-0.15, -0.1) is 0 Å². The van der Waals surface area contributed by atoms with Gasteiger partial charge in [0.25, 0.3) is 0 Å². The molecule has 0 aliphatic carbocycles. The summed E-state index contributed by atoms with van der Waals surface area (Å²) >= 11 is 0. The predicted molar refractivity (Wildman–Crippen MR) is 127 cm³/mol. The van der Waals surface area contributed by atoms with Crippen LogP contribution in [0.2, 0.25) is 0 Å². The second kappa shape index (κ2) is 12.9. The summed E-state index contributed by atoms with van der Waals surface area (Å²) in [6.07, 6.45) is -0.0108. The number of hydrogen-bond acceptors (Lipinski definition) is 7. The van der Waals surface area contributed by atoms with E-state index >= 15 is 0 Å². The molecule has 1 N–H and O–H groups in total. The van der Waals surface area contributed by atoms with Crippen LogP contribution in [0, 0.1) is 0 Å². The molecule has 1 atom stereocenters. The van der Waals surface area contributed by atoms with E-state index in [1.165, 1.54) is 0 Å². The number of para-hydroxylation sites is 1. The molecule has 0 bridgehead atoms. The Kier molecular flexibility index (Phi) is 9.30. The van der Waals surface area contributed by atoms with Gasteiger partial charge in [-0.05, 0) is 41.8 Å². The summed E-state index contributed by atoms with van der Waals surface area (Å²) in [7, 11) is 0. The highest BCUT2D eigenvalue weighted by Gasteiger charge is 2.11. The van der Waals surface area contributed by atoms with E-state index in [1.807, 2.05) is 61.5 Å². The first-order valence-corrected chi connectivity index (χ1v) is 10.8. The van der Waals surface area contributed by atoms with Crippen LogP contribution in [-0.2, 0) is 14.3 Å². The van der Waals surface area contributed by atoms with Crippen LogP contribution in [0.5, 0.6) is 17.2 Å².